The van der Waals surface area contributed by atoms with Crippen molar-refractivity contribution in [1.82, 2.24) is 10.5 Å². The molecule has 1 aromatic heterocycles. The van der Waals surface area contributed by atoms with Gasteiger partial charge in [0.25, 0.3) is 5.91 Å². The number of hydroxylamine groups is 1. The van der Waals surface area contributed by atoms with E-state index in [-0.39, 0.29) is 11.1 Å². The zero-order chi connectivity index (χ0) is 13.1. The van der Waals surface area contributed by atoms with E-state index in [4.69, 9.17) is 9.94 Å². The molecule has 6 nitrogen and oxygen atoms in total. The number of aromatic nitrogens is 1. The Labute approximate surface area is 104 Å². The fourth-order valence-electron chi connectivity index (χ4n) is 1.44. The lowest BCUT2D eigenvalue weighted by Gasteiger charge is -2.07. The number of hydrogen-bond acceptors (Lipinski definition) is 4. The first-order chi connectivity index (χ1) is 8.58. The van der Waals surface area contributed by atoms with Crippen LogP contribution in [0, 0.1) is 12.8 Å². The monoisotopic (exact) mass is 250 g/mol. The van der Waals surface area contributed by atoms with Gasteiger partial charge in [-0.2, -0.15) is 0 Å². The zero-order valence-corrected chi connectivity index (χ0v) is 9.97. The third kappa shape index (κ3) is 3.04. The molecule has 6 heteroatoms. The Morgan fingerprint density at radius 3 is 2.89 bits per heavy atom. The van der Waals surface area contributed by atoms with E-state index in [0.29, 0.717) is 18.2 Å². The largest absolute Gasteiger partial charge is 0.478 e. The van der Waals surface area contributed by atoms with Crippen molar-refractivity contribution in [3.8, 4) is 0 Å². The van der Waals surface area contributed by atoms with Crippen LogP contribution in [0.2, 0.25) is 0 Å². The maximum absolute atomic E-state index is 11.8. The van der Waals surface area contributed by atoms with Crippen molar-refractivity contribution in [2.45, 2.75) is 19.8 Å². The minimum absolute atomic E-state index is 0.0204. The van der Waals surface area contributed by atoms with Gasteiger partial charge in [0, 0.05) is 6.20 Å². The summed E-state index contributed by atoms with van der Waals surface area (Å²) in [5, 5.41) is 8.84. The molecule has 0 unspecified atom stereocenters. The third-order valence-corrected chi connectivity index (χ3v) is 2.76. The minimum atomic E-state index is -1.12. The molecule has 0 aromatic carbocycles. The Balaban J connectivity index is 2.02. The quantitative estimate of drug-likeness (QED) is 0.765. The van der Waals surface area contributed by atoms with Gasteiger partial charge in [0.15, 0.2) is 0 Å². The van der Waals surface area contributed by atoms with E-state index < -0.39 is 11.9 Å². The van der Waals surface area contributed by atoms with Crippen LogP contribution in [0.5, 0.6) is 0 Å². The van der Waals surface area contributed by atoms with Crippen molar-refractivity contribution in [3.63, 3.8) is 0 Å². The Kier molecular flexibility index (Phi) is 3.57. The topological polar surface area (TPSA) is 88.5 Å². The summed E-state index contributed by atoms with van der Waals surface area (Å²) in [5.74, 6) is -1.05. The van der Waals surface area contributed by atoms with Gasteiger partial charge in [-0.25, -0.2) is 10.3 Å². The molecule has 1 amide bonds. The number of aryl methyl sites for hydroxylation is 1. The first-order valence-corrected chi connectivity index (χ1v) is 5.70. The molecule has 0 atom stereocenters. The molecule has 1 aromatic rings. The molecule has 1 heterocycles. The summed E-state index contributed by atoms with van der Waals surface area (Å²) in [6, 6.07) is 1.29. The van der Waals surface area contributed by atoms with E-state index in [1.807, 2.05) is 0 Å². The van der Waals surface area contributed by atoms with Crippen molar-refractivity contribution in [2.24, 2.45) is 5.92 Å². The van der Waals surface area contributed by atoms with Crippen LogP contribution in [-0.2, 0) is 4.84 Å². The van der Waals surface area contributed by atoms with Crippen molar-refractivity contribution in [1.29, 1.82) is 0 Å². The minimum Gasteiger partial charge on any atom is -0.478 e. The molecule has 1 aliphatic carbocycles. The van der Waals surface area contributed by atoms with Crippen LogP contribution in [0.3, 0.4) is 0 Å². The summed E-state index contributed by atoms with van der Waals surface area (Å²) in [7, 11) is 0. The van der Waals surface area contributed by atoms with Gasteiger partial charge in [0.1, 0.15) is 0 Å². The van der Waals surface area contributed by atoms with Crippen molar-refractivity contribution in [3.05, 3.63) is 29.1 Å². The Bertz CT molecular complexity index is 483. The van der Waals surface area contributed by atoms with Crippen molar-refractivity contribution in [2.75, 3.05) is 6.61 Å². The molecular formula is C12H14N2O4. The number of carboxylic acids is 1. The number of pyridine rings is 1. The standard InChI is InChI=1S/C12H14N2O4/c1-7-10(4-9(5-13-7)12(16)17)11(15)14-18-6-8-2-3-8/h4-5,8H,2-3,6H2,1H3,(H,14,15)(H,16,17). The number of hydrogen-bond donors (Lipinski definition) is 2. The second kappa shape index (κ2) is 5.14. The second-order valence-electron chi connectivity index (χ2n) is 4.35. The highest BCUT2D eigenvalue weighted by Crippen LogP contribution is 2.28. The molecule has 1 aliphatic rings. The number of rotatable bonds is 5. The van der Waals surface area contributed by atoms with Crippen LogP contribution < -0.4 is 5.48 Å². The summed E-state index contributed by atoms with van der Waals surface area (Å²) in [6.45, 7) is 2.14. The zero-order valence-electron chi connectivity index (χ0n) is 9.97. The molecule has 0 bridgehead atoms. The molecule has 0 spiro atoms. The van der Waals surface area contributed by atoms with Crippen LogP contribution >= 0.6 is 0 Å². The number of carbonyl (C=O) groups is 2. The maximum Gasteiger partial charge on any atom is 0.337 e. The lowest BCUT2D eigenvalue weighted by atomic mass is 10.1. The van der Waals surface area contributed by atoms with Gasteiger partial charge in [0.05, 0.1) is 23.4 Å². The number of nitrogens with zero attached hydrogens (tertiary/aromatic N) is 1. The van der Waals surface area contributed by atoms with Gasteiger partial charge in [-0.05, 0) is 31.7 Å². The number of carbonyl (C=O) groups excluding carboxylic acids is 1. The van der Waals surface area contributed by atoms with Crippen LogP contribution in [0.4, 0.5) is 0 Å². The van der Waals surface area contributed by atoms with Gasteiger partial charge in [-0.3, -0.25) is 14.6 Å². The molecule has 0 saturated heterocycles. The Hall–Kier alpha value is -1.95. The van der Waals surface area contributed by atoms with Gasteiger partial charge in [-0.15, -0.1) is 0 Å². The molecule has 96 valence electrons. The molecule has 18 heavy (non-hydrogen) atoms. The average molecular weight is 250 g/mol. The van der Waals surface area contributed by atoms with Crippen LogP contribution in [-0.4, -0.2) is 28.6 Å². The van der Waals surface area contributed by atoms with Gasteiger partial charge < -0.3 is 5.11 Å². The maximum atomic E-state index is 11.8. The van der Waals surface area contributed by atoms with E-state index in [1.54, 1.807) is 6.92 Å². The Morgan fingerprint density at radius 1 is 1.56 bits per heavy atom. The lowest BCUT2D eigenvalue weighted by molar-refractivity contribution is 0.0269. The summed E-state index contributed by atoms with van der Waals surface area (Å²) in [5.41, 5.74) is 2.96. The summed E-state index contributed by atoms with van der Waals surface area (Å²) < 4.78 is 0. The molecule has 0 aliphatic heterocycles. The predicted octanol–water partition coefficient (Wildman–Crippen LogP) is 1.16. The van der Waals surface area contributed by atoms with Gasteiger partial charge >= 0.3 is 5.97 Å². The first-order valence-electron chi connectivity index (χ1n) is 5.70. The average Bonchev–Trinajstić information content (AvgIpc) is 3.13. The van der Waals surface area contributed by atoms with E-state index in [9.17, 15) is 9.59 Å². The molecule has 2 N–H and O–H groups in total. The van der Waals surface area contributed by atoms with E-state index in [2.05, 4.69) is 10.5 Å². The third-order valence-electron chi connectivity index (χ3n) is 2.76. The van der Waals surface area contributed by atoms with Crippen molar-refractivity contribution >= 4 is 11.9 Å². The number of carboxylic acid groups (broad SMARTS) is 1. The highest BCUT2D eigenvalue weighted by molar-refractivity contribution is 5.97. The summed E-state index contributed by atoms with van der Waals surface area (Å²) >= 11 is 0. The van der Waals surface area contributed by atoms with E-state index in [1.165, 1.54) is 12.3 Å². The smallest absolute Gasteiger partial charge is 0.337 e. The highest BCUT2D eigenvalue weighted by Gasteiger charge is 2.22. The first kappa shape index (κ1) is 12.5. The summed E-state index contributed by atoms with van der Waals surface area (Å²) in [4.78, 5) is 31.5. The molecule has 1 fully saturated rings. The fourth-order valence-corrected chi connectivity index (χ4v) is 1.44. The van der Waals surface area contributed by atoms with Crippen LogP contribution in [0.1, 0.15) is 39.3 Å². The van der Waals surface area contributed by atoms with Gasteiger partial charge in [0.2, 0.25) is 0 Å². The van der Waals surface area contributed by atoms with E-state index in [0.717, 1.165) is 12.8 Å². The second-order valence-corrected chi connectivity index (χ2v) is 4.35. The Morgan fingerprint density at radius 2 is 2.28 bits per heavy atom. The number of amides is 1. The molecule has 2 rings (SSSR count). The number of nitrogens with one attached hydrogen (secondary N) is 1. The van der Waals surface area contributed by atoms with E-state index >= 15 is 0 Å². The molecule has 0 radical (unpaired) electrons. The fraction of sp³-hybridized carbons (Fsp3) is 0.417. The van der Waals surface area contributed by atoms with Crippen LogP contribution in [0.25, 0.3) is 0 Å². The molecule has 1 saturated carbocycles. The lowest BCUT2D eigenvalue weighted by Crippen LogP contribution is -2.26. The van der Waals surface area contributed by atoms with Crippen LogP contribution in [0.15, 0.2) is 12.3 Å². The predicted molar refractivity (Wildman–Crippen MR) is 62.1 cm³/mol. The van der Waals surface area contributed by atoms with Gasteiger partial charge in [-0.1, -0.05) is 0 Å². The number of aromatic carboxylic acids is 1. The molecular weight excluding hydrogens is 236 g/mol. The van der Waals surface area contributed by atoms with Crippen molar-refractivity contribution < 1.29 is 19.5 Å². The normalized spacial score (nSPS) is 14.3. The SMILES string of the molecule is Cc1ncc(C(=O)O)cc1C(=O)NOCC1CC1. The summed E-state index contributed by atoms with van der Waals surface area (Å²) in [6.07, 6.45) is 3.48. The highest BCUT2D eigenvalue weighted by atomic mass is 16.7.